The lowest BCUT2D eigenvalue weighted by atomic mass is 10.1. The van der Waals surface area contributed by atoms with E-state index in [4.69, 9.17) is 21.1 Å². The van der Waals surface area contributed by atoms with Crippen LogP contribution in [0.5, 0.6) is 11.5 Å². The molecule has 0 saturated heterocycles. The van der Waals surface area contributed by atoms with Gasteiger partial charge in [0.2, 0.25) is 5.78 Å². The van der Waals surface area contributed by atoms with Crippen LogP contribution in [-0.2, 0) is 6.54 Å². The van der Waals surface area contributed by atoms with Gasteiger partial charge >= 0.3 is 5.97 Å². The van der Waals surface area contributed by atoms with E-state index in [0.29, 0.717) is 27.6 Å². The van der Waals surface area contributed by atoms with Crippen molar-refractivity contribution in [2.24, 2.45) is 0 Å². The van der Waals surface area contributed by atoms with Gasteiger partial charge < -0.3 is 14.0 Å². The first-order valence-corrected chi connectivity index (χ1v) is 10.5. The van der Waals surface area contributed by atoms with Crippen LogP contribution in [0, 0.1) is 0 Å². The predicted molar refractivity (Wildman–Crippen MR) is 123 cm³/mol. The van der Waals surface area contributed by atoms with Gasteiger partial charge in [-0.15, -0.1) is 0 Å². The standard InChI is InChI=1S/C26H18ClNO4/c1-2-28-15-17(20-5-3-4-6-22(20)28)13-24-25(29)21-12-11-19(14-23(21)32-24)31-26(30)16-7-9-18(27)10-8-16/h3-15H,2H2,1H3/b24-13+. The maximum Gasteiger partial charge on any atom is 0.343 e. The SMILES string of the molecule is CCn1cc(/C=C2/Oc3cc(OC(=O)c4ccc(Cl)cc4)ccc3C2=O)c2ccccc21. The fourth-order valence-electron chi connectivity index (χ4n) is 3.78. The van der Waals surface area contributed by atoms with Gasteiger partial charge in [0.05, 0.1) is 11.1 Å². The van der Waals surface area contributed by atoms with Gasteiger partial charge in [-0.05, 0) is 55.5 Å². The Hall–Kier alpha value is -3.83. The average Bonchev–Trinajstić information content (AvgIpc) is 3.31. The first-order chi connectivity index (χ1) is 15.5. The molecule has 0 fully saturated rings. The second kappa shape index (κ2) is 8.02. The summed E-state index contributed by atoms with van der Waals surface area (Å²) in [6.07, 6.45) is 3.77. The normalized spacial score (nSPS) is 13.9. The lowest BCUT2D eigenvalue weighted by Gasteiger charge is -2.05. The van der Waals surface area contributed by atoms with E-state index in [9.17, 15) is 9.59 Å². The van der Waals surface area contributed by atoms with Crippen LogP contribution in [0.2, 0.25) is 5.02 Å². The van der Waals surface area contributed by atoms with E-state index in [0.717, 1.165) is 23.0 Å². The molecule has 5 rings (SSSR count). The van der Waals surface area contributed by atoms with E-state index in [2.05, 4.69) is 11.5 Å². The Morgan fingerprint density at radius 1 is 1.09 bits per heavy atom. The van der Waals surface area contributed by atoms with Crippen molar-refractivity contribution in [3.05, 3.63) is 100 Å². The second-order valence-electron chi connectivity index (χ2n) is 7.38. The Kier molecular flexibility index (Phi) is 5.04. The maximum atomic E-state index is 12.9. The summed E-state index contributed by atoms with van der Waals surface area (Å²) >= 11 is 5.86. The molecule has 2 heterocycles. The number of fused-ring (bicyclic) bond motifs is 2. The summed E-state index contributed by atoms with van der Waals surface area (Å²) < 4.78 is 13.4. The van der Waals surface area contributed by atoms with Crippen LogP contribution in [0.3, 0.4) is 0 Å². The third kappa shape index (κ3) is 3.57. The van der Waals surface area contributed by atoms with Crippen molar-refractivity contribution >= 4 is 40.3 Å². The van der Waals surface area contributed by atoms with Crippen molar-refractivity contribution in [3.8, 4) is 11.5 Å². The number of aryl methyl sites for hydroxylation is 1. The molecule has 0 aliphatic carbocycles. The number of hydrogen-bond acceptors (Lipinski definition) is 4. The number of ketones is 1. The Labute approximate surface area is 189 Å². The number of hydrogen-bond donors (Lipinski definition) is 0. The maximum absolute atomic E-state index is 12.9. The molecule has 0 bridgehead atoms. The molecule has 0 radical (unpaired) electrons. The number of nitrogens with zero attached hydrogens (tertiary/aromatic N) is 1. The van der Waals surface area contributed by atoms with Crippen LogP contribution in [-0.4, -0.2) is 16.3 Å². The summed E-state index contributed by atoms with van der Waals surface area (Å²) in [6, 6.07) is 19.2. The highest BCUT2D eigenvalue weighted by Gasteiger charge is 2.28. The van der Waals surface area contributed by atoms with Crippen molar-refractivity contribution in [1.82, 2.24) is 4.57 Å². The van der Waals surface area contributed by atoms with Gasteiger partial charge in [0.25, 0.3) is 0 Å². The molecule has 32 heavy (non-hydrogen) atoms. The van der Waals surface area contributed by atoms with Crippen LogP contribution in [0.25, 0.3) is 17.0 Å². The molecular weight excluding hydrogens is 426 g/mol. The van der Waals surface area contributed by atoms with E-state index >= 15 is 0 Å². The van der Waals surface area contributed by atoms with E-state index in [1.807, 2.05) is 30.5 Å². The molecule has 0 N–H and O–H groups in total. The predicted octanol–water partition coefficient (Wildman–Crippen LogP) is 6.15. The van der Waals surface area contributed by atoms with Crippen molar-refractivity contribution in [2.45, 2.75) is 13.5 Å². The van der Waals surface area contributed by atoms with Crippen LogP contribution in [0.4, 0.5) is 0 Å². The third-order valence-electron chi connectivity index (χ3n) is 5.38. The van der Waals surface area contributed by atoms with Gasteiger partial charge in [0.1, 0.15) is 11.5 Å². The number of ether oxygens (including phenoxy) is 2. The number of carbonyl (C=O) groups excluding carboxylic acids is 2. The zero-order valence-corrected chi connectivity index (χ0v) is 17.9. The number of aromatic nitrogens is 1. The molecule has 158 valence electrons. The summed E-state index contributed by atoms with van der Waals surface area (Å²) in [5.74, 6) is 0.167. The van der Waals surface area contributed by atoms with Gasteiger partial charge in [-0.2, -0.15) is 0 Å². The zero-order chi connectivity index (χ0) is 22.2. The molecule has 3 aromatic carbocycles. The summed E-state index contributed by atoms with van der Waals surface area (Å²) in [4.78, 5) is 25.2. The zero-order valence-electron chi connectivity index (χ0n) is 17.2. The summed E-state index contributed by atoms with van der Waals surface area (Å²) in [6.45, 7) is 2.89. The molecular formula is C26H18ClNO4. The number of esters is 1. The van der Waals surface area contributed by atoms with Crippen LogP contribution < -0.4 is 9.47 Å². The van der Waals surface area contributed by atoms with E-state index < -0.39 is 5.97 Å². The van der Waals surface area contributed by atoms with E-state index in [-0.39, 0.29) is 11.5 Å². The molecule has 0 unspecified atom stereocenters. The number of para-hydroxylation sites is 1. The first-order valence-electron chi connectivity index (χ1n) is 10.2. The Balaban J connectivity index is 1.42. The highest BCUT2D eigenvalue weighted by molar-refractivity contribution is 6.30. The quantitative estimate of drug-likeness (QED) is 0.215. The van der Waals surface area contributed by atoms with Gasteiger partial charge in [0.15, 0.2) is 5.76 Å². The highest BCUT2D eigenvalue weighted by atomic mass is 35.5. The molecule has 0 saturated carbocycles. The fraction of sp³-hybridized carbons (Fsp3) is 0.0769. The Morgan fingerprint density at radius 3 is 2.66 bits per heavy atom. The second-order valence-corrected chi connectivity index (χ2v) is 7.82. The van der Waals surface area contributed by atoms with Crippen LogP contribution in [0.1, 0.15) is 33.2 Å². The largest absolute Gasteiger partial charge is 0.452 e. The molecule has 4 aromatic rings. The molecule has 5 nitrogen and oxygen atoms in total. The summed E-state index contributed by atoms with van der Waals surface area (Å²) in [7, 11) is 0. The minimum atomic E-state index is -0.519. The number of halogens is 1. The van der Waals surface area contributed by atoms with Gasteiger partial charge in [0, 0.05) is 40.3 Å². The van der Waals surface area contributed by atoms with Gasteiger partial charge in [-0.3, -0.25) is 4.79 Å². The molecule has 0 atom stereocenters. The van der Waals surface area contributed by atoms with Crippen LogP contribution in [0.15, 0.2) is 78.7 Å². The van der Waals surface area contributed by atoms with Crippen LogP contribution >= 0.6 is 11.6 Å². The minimum absolute atomic E-state index is 0.205. The monoisotopic (exact) mass is 443 g/mol. The van der Waals surface area contributed by atoms with E-state index in [1.54, 1.807) is 48.5 Å². The average molecular weight is 444 g/mol. The molecule has 0 amide bonds. The Bertz CT molecular complexity index is 1400. The number of carbonyl (C=O) groups is 2. The van der Waals surface area contributed by atoms with Gasteiger partial charge in [-0.25, -0.2) is 4.79 Å². The molecule has 6 heteroatoms. The lowest BCUT2D eigenvalue weighted by Crippen LogP contribution is -2.08. The van der Waals surface area contributed by atoms with Crippen molar-refractivity contribution in [2.75, 3.05) is 0 Å². The number of rotatable bonds is 4. The van der Waals surface area contributed by atoms with Crippen molar-refractivity contribution in [1.29, 1.82) is 0 Å². The minimum Gasteiger partial charge on any atom is -0.452 e. The number of Topliss-reactive ketones (excluding diaryl/α,β-unsaturated/α-hetero) is 1. The molecule has 1 aromatic heterocycles. The van der Waals surface area contributed by atoms with Crippen molar-refractivity contribution < 1.29 is 19.1 Å². The third-order valence-corrected chi connectivity index (χ3v) is 5.63. The lowest BCUT2D eigenvalue weighted by molar-refractivity contribution is 0.0734. The summed E-state index contributed by atoms with van der Waals surface area (Å²) in [5.41, 5.74) is 2.82. The smallest absolute Gasteiger partial charge is 0.343 e. The molecule has 1 aliphatic rings. The summed E-state index contributed by atoms with van der Waals surface area (Å²) in [5, 5.41) is 1.58. The Morgan fingerprint density at radius 2 is 1.88 bits per heavy atom. The number of allylic oxidation sites excluding steroid dienone is 1. The van der Waals surface area contributed by atoms with E-state index in [1.165, 1.54) is 0 Å². The topological polar surface area (TPSA) is 57.5 Å². The van der Waals surface area contributed by atoms with Gasteiger partial charge in [-0.1, -0.05) is 29.8 Å². The first kappa shape index (κ1) is 20.1. The number of benzene rings is 3. The molecule has 1 aliphatic heterocycles. The fourth-order valence-corrected chi connectivity index (χ4v) is 3.90. The molecule has 0 spiro atoms. The highest BCUT2D eigenvalue weighted by Crippen LogP contribution is 2.36. The van der Waals surface area contributed by atoms with Crippen molar-refractivity contribution in [3.63, 3.8) is 0 Å².